The minimum atomic E-state index is -0.481. The van der Waals surface area contributed by atoms with Crippen LogP contribution in [0.5, 0.6) is 0 Å². The third-order valence-electron chi connectivity index (χ3n) is 3.67. The van der Waals surface area contributed by atoms with Gasteiger partial charge in [-0.15, -0.1) is 11.8 Å². The van der Waals surface area contributed by atoms with Crippen molar-refractivity contribution in [3.63, 3.8) is 0 Å². The molecule has 0 unspecified atom stereocenters. The van der Waals surface area contributed by atoms with Gasteiger partial charge in [-0.3, -0.25) is 9.59 Å². The average Bonchev–Trinajstić information content (AvgIpc) is 2.63. The predicted octanol–water partition coefficient (Wildman–Crippen LogP) is 4.48. The summed E-state index contributed by atoms with van der Waals surface area (Å²) in [5.74, 6) is -0.755. The zero-order valence-electron chi connectivity index (χ0n) is 14.8. The van der Waals surface area contributed by atoms with Gasteiger partial charge in [0.15, 0.2) is 0 Å². The molecule has 0 saturated heterocycles. The molecule has 0 saturated carbocycles. The van der Waals surface area contributed by atoms with Crippen LogP contribution in [-0.2, 0) is 16.0 Å². The van der Waals surface area contributed by atoms with Crippen molar-refractivity contribution < 1.29 is 14.0 Å². The third kappa shape index (κ3) is 6.88. The summed E-state index contributed by atoms with van der Waals surface area (Å²) in [6, 6.07) is 13.8. The van der Waals surface area contributed by atoms with Crippen LogP contribution in [0.1, 0.15) is 25.3 Å². The number of benzene rings is 2. The number of carbonyl (C=O) groups is 2. The Morgan fingerprint density at radius 3 is 2.27 bits per heavy atom. The maximum Gasteiger partial charge on any atom is 0.234 e. The van der Waals surface area contributed by atoms with E-state index in [1.54, 1.807) is 12.1 Å². The maximum absolute atomic E-state index is 13.5. The van der Waals surface area contributed by atoms with Gasteiger partial charge < -0.3 is 10.6 Å². The van der Waals surface area contributed by atoms with E-state index in [0.29, 0.717) is 0 Å². The van der Waals surface area contributed by atoms with Gasteiger partial charge in [0.25, 0.3) is 0 Å². The molecule has 0 aliphatic carbocycles. The van der Waals surface area contributed by atoms with Crippen molar-refractivity contribution in [2.45, 2.75) is 26.2 Å². The van der Waals surface area contributed by atoms with Gasteiger partial charge in [0, 0.05) is 5.69 Å². The molecule has 2 amide bonds. The van der Waals surface area contributed by atoms with Crippen LogP contribution in [0.25, 0.3) is 0 Å². The van der Waals surface area contributed by atoms with Crippen LogP contribution >= 0.6 is 11.8 Å². The summed E-state index contributed by atoms with van der Waals surface area (Å²) in [5.41, 5.74) is 2.14. The highest BCUT2D eigenvalue weighted by molar-refractivity contribution is 8.00. The number of halogens is 1. The molecule has 2 N–H and O–H groups in total. The largest absolute Gasteiger partial charge is 0.325 e. The molecule has 2 aromatic rings. The van der Waals surface area contributed by atoms with Gasteiger partial charge >= 0.3 is 0 Å². The van der Waals surface area contributed by atoms with E-state index in [-0.39, 0.29) is 29.0 Å². The summed E-state index contributed by atoms with van der Waals surface area (Å²) in [6.45, 7) is 2.16. The summed E-state index contributed by atoms with van der Waals surface area (Å²) in [5, 5.41) is 5.30. The number of hydrogen-bond acceptors (Lipinski definition) is 3. The Morgan fingerprint density at radius 2 is 1.62 bits per heavy atom. The lowest BCUT2D eigenvalue weighted by molar-refractivity contribution is -0.114. The van der Waals surface area contributed by atoms with Crippen LogP contribution in [0.3, 0.4) is 0 Å². The molecule has 4 nitrogen and oxygen atoms in total. The molecule has 2 rings (SSSR count). The molecule has 0 aliphatic rings. The summed E-state index contributed by atoms with van der Waals surface area (Å²) in [6.07, 6.45) is 3.34. The van der Waals surface area contributed by atoms with Crippen LogP contribution < -0.4 is 10.6 Å². The molecular weight excluding hydrogens is 351 g/mol. The predicted molar refractivity (Wildman–Crippen MR) is 106 cm³/mol. The van der Waals surface area contributed by atoms with E-state index in [9.17, 15) is 14.0 Å². The zero-order valence-corrected chi connectivity index (χ0v) is 15.6. The lowest BCUT2D eigenvalue weighted by Crippen LogP contribution is -2.18. The number of carbonyl (C=O) groups excluding carboxylic acids is 2. The number of amides is 2. The second-order valence-corrected chi connectivity index (χ2v) is 6.86. The van der Waals surface area contributed by atoms with Crippen LogP contribution in [0, 0.1) is 5.82 Å². The summed E-state index contributed by atoms with van der Waals surface area (Å²) < 4.78 is 13.5. The first-order valence-corrected chi connectivity index (χ1v) is 9.75. The van der Waals surface area contributed by atoms with Gasteiger partial charge in [-0.05, 0) is 42.7 Å². The van der Waals surface area contributed by atoms with E-state index in [1.807, 2.05) is 24.3 Å². The highest BCUT2D eigenvalue weighted by Gasteiger charge is 2.08. The molecule has 0 aliphatic heterocycles. The molecule has 0 atom stereocenters. The van der Waals surface area contributed by atoms with E-state index in [2.05, 4.69) is 17.6 Å². The van der Waals surface area contributed by atoms with E-state index >= 15 is 0 Å². The standard InChI is InChI=1S/C20H23FN2O2S/c1-2-3-6-15-9-11-16(12-10-15)22-19(24)13-26-14-20(25)23-18-8-5-4-7-17(18)21/h4-5,7-12H,2-3,6,13-14H2,1H3,(H,22,24)(H,23,25). The number of para-hydroxylation sites is 1. The zero-order chi connectivity index (χ0) is 18.8. The summed E-state index contributed by atoms with van der Waals surface area (Å²) in [7, 11) is 0. The molecule has 0 radical (unpaired) electrons. The average molecular weight is 374 g/mol. The molecule has 0 heterocycles. The van der Waals surface area contributed by atoms with Crippen LogP contribution in [-0.4, -0.2) is 23.3 Å². The van der Waals surface area contributed by atoms with E-state index in [1.165, 1.54) is 29.5 Å². The fourth-order valence-electron chi connectivity index (χ4n) is 2.32. The first-order chi connectivity index (χ1) is 12.6. The molecule has 0 bridgehead atoms. The maximum atomic E-state index is 13.5. The fourth-order valence-corrected chi connectivity index (χ4v) is 2.94. The lowest BCUT2D eigenvalue weighted by atomic mass is 10.1. The van der Waals surface area contributed by atoms with Crippen LogP contribution in [0.2, 0.25) is 0 Å². The Balaban J connectivity index is 1.70. The van der Waals surface area contributed by atoms with Gasteiger partial charge in [0.2, 0.25) is 11.8 Å². The minimum absolute atomic E-state index is 0.0811. The van der Waals surface area contributed by atoms with E-state index in [0.717, 1.165) is 24.9 Å². The van der Waals surface area contributed by atoms with Crippen molar-refractivity contribution in [1.82, 2.24) is 0 Å². The van der Waals surface area contributed by atoms with Crippen molar-refractivity contribution in [2.75, 3.05) is 22.1 Å². The summed E-state index contributed by atoms with van der Waals surface area (Å²) >= 11 is 1.18. The van der Waals surface area contributed by atoms with E-state index < -0.39 is 5.82 Å². The van der Waals surface area contributed by atoms with Crippen LogP contribution in [0.15, 0.2) is 48.5 Å². The molecular formula is C20H23FN2O2S. The first-order valence-electron chi connectivity index (χ1n) is 8.59. The SMILES string of the molecule is CCCCc1ccc(NC(=O)CSCC(=O)Nc2ccccc2F)cc1. The lowest BCUT2D eigenvalue weighted by Gasteiger charge is -2.07. The number of unbranched alkanes of at least 4 members (excludes halogenated alkanes) is 1. The number of aryl methyl sites for hydroxylation is 1. The Kier molecular flexibility index (Phi) is 8.15. The Morgan fingerprint density at radius 1 is 0.962 bits per heavy atom. The molecule has 26 heavy (non-hydrogen) atoms. The Hall–Kier alpha value is -2.34. The topological polar surface area (TPSA) is 58.2 Å². The van der Waals surface area contributed by atoms with Gasteiger partial charge in [-0.1, -0.05) is 37.6 Å². The van der Waals surface area contributed by atoms with E-state index in [4.69, 9.17) is 0 Å². The number of hydrogen-bond donors (Lipinski definition) is 2. The van der Waals surface area contributed by atoms with Crippen LogP contribution in [0.4, 0.5) is 15.8 Å². The first kappa shape index (κ1) is 20.0. The van der Waals surface area contributed by atoms with Gasteiger partial charge in [0.05, 0.1) is 17.2 Å². The van der Waals surface area contributed by atoms with Crippen molar-refractivity contribution in [1.29, 1.82) is 0 Å². The van der Waals surface area contributed by atoms with Gasteiger partial charge in [-0.25, -0.2) is 4.39 Å². The smallest absolute Gasteiger partial charge is 0.234 e. The number of anilines is 2. The minimum Gasteiger partial charge on any atom is -0.325 e. The van der Waals surface area contributed by atoms with Crippen molar-refractivity contribution in [3.8, 4) is 0 Å². The Bertz CT molecular complexity index is 735. The molecule has 0 aromatic heterocycles. The molecule has 2 aromatic carbocycles. The van der Waals surface area contributed by atoms with Crippen molar-refractivity contribution >= 4 is 35.0 Å². The number of nitrogens with one attached hydrogen (secondary N) is 2. The third-order valence-corrected chi connectivity index (χ3v) is 4.60. The molecule has 6 heteroatoms. The van der Waals surface area contributed by atoms with Crippen molar-refractivity contribution in [3.05, 3.63) is 59.9 Å². The molecule has 0 fully saturated rings. The quantitative estimate of drug-likeness (QED) is 0.680. The normalized spacial score (nSPS) is 10.4. The fraction of sp³-hybridized carbons (Fsp3) is 0.300. The number of thioether (sulfide) groups is 1. The monoisotopic (exact) mass is 374 g/mol. The molecule has 138 valence electrons. The number of rotatable bonds is 9. The van der Waals surface area contributed by atoms with Gasteiger partial charge in [-0.2, -0.15) is 0 Å². The Labute approximate surface area is 157 Å². The highest BCUT2D eigenvalue weighted by Crippen LogP contribution is 2.14. The van der Waals surface area contributed by atoms with Crippen molar-refractivity contribution in [2.24, 2.45) is 0 Å². The van der Waals surface area contributed by atoms with Gasteiger partial charge in [0.1, 0.15) is 5.82 Å². The highest BCUT2D eigenvalue weighted by atomic mass is 32.2. The molecule has 0 spiro atoms. The second-order valence-electron chi connectivity index (χ2n) is 5.87. The summed E-state index contributed by atoms with van der Waals surface area (Å²) in [4.78, 5) is 23.7. The second kappa shape index (κ2) is 10.6.